The Bertz CT molecular complexity index is 60.6. The predicted molar refractivity (Wildman–Crippen MR) is 72.7 cm³/mol. The van der Waals surface area contributed by atoms with Gasteiger partial charge in [0.1, 0.15) is 0 Å². The van der Waals surface area contributed by atoms with E-state index in [1.165, 1.54) is 32.1 Å². The summed E-state index contributed by atoms with van der Waals surface area (Å²) in [5.74, 6) is 0. The first-order valence-corrected chi connectivity index (χ1v) is 26.5. The molecule has 0 unspecified atom stereocenters. The molecule has 0 aromatic rings. The molecule has 0 nitrogen and oxygen atoms in total. The second-order valence-corrected chi connectivity index (χ2v) is 47.1. The van der Waals surface area contributed by atoms with Crippen LogP contribution in [-0.4, -0.2) is 13.1 Å². The van der Waals surface area contributed by atoms with Crippen LogP contribution in [0, 0.1) is 6.92 Å². The first-order valence-electron chi connectivity index (χ1n) is 4.36. The Hall–Kier alpha value is 2.24. The van der Waals surface area contributed by atoms with E-state index in [0.717, 1.165) is 6.42 Å². The van der Waals surface area contributed by atoms with Gasteiger partial charge in [-0.25, -0.2) is 0 Å². The van der Waals surface area contributed by atoms with Gasteiger partial charge in [0.15, 0.2) is 0 Å². The van der Waals surface area contributed by atoms with E-state index in [4.69, 9.17) is 0 Å². The fraction of sp³-hybridized carbons (Fsp3) is 0.875. The SMILES string of the molecule is [Br][SnH]([Br])[Br].[CH2]CCCCCCC. The fourth-order valence-corrected chi connectivity index (χ4v) is 0.780. The second kappa shape index (κ2) is 15.7. The average Bonchev–Trinajstić information content (AvgIpc) is 1.97. The monoisotopic (exact) mass is 471 g/mol. The minimum absolute atomic E-state index is 1.11. The van der Waals surface area contributed by atoms with E-state index in [1.54, 1.807) is 0 Å². The van der Waals surface area contributed by atoms with Crippen molar-refractivity contribution in [2.24, 2.45) is 0 Å². The van der Waals surface area contributed by atoms with Gasteiger partial charge in [-0.05, 0) is 0 Å². The molecule has 0 rings (SSSR count). The summed E-state index contributed by atoms with van der Waals surface area (Å²) in [4.78, 5) is 0. The molecule has 0 bridgehead atoms. The van der Waals surface area contributed by atoms with Crippen molar-refractivity contribution in [1.82, 2.24) is 0 Å². The summed E-state index contributed by atoms with van der Waals surface area (Å²) < 4.78 is 0. The maximum atomic E-state index is 3.78. The van der Waals surface area contributed by atoms with Crippen LogP contribution in [0.1, 0.15) is 45.4 Å². The molecule has 0 saturated carbocycles. The van der Waals surface area contributed by atoms with E-state index in [9.17, 15) is 0 Å². The van der Waals surface area contributed by atoms with E-state index in [1.807, 2.05) is 0 Å². The summed E-state index contributed by atoms with van der Waals surface area (Å²) in [5.41, 5.74) is 0. The number of unbranched alkanes of at least 4 members (excludes halogenated alkanes) is 5. The van der Waals surface area contributed by atoms with Crippen molar-refractivity contribution in [2.45, 2.75) is 45.4 Å². The van der Waals surface area contributed by atoms with Gasteiger partial charge in [0.25, 0.3) is 0 Å². The van der Waals surface area contributed by atoms with Gasteiger partial charge in [0, 0.05) is 0 Å². The average molecular weight is 473 g/mol. The molecule has 4 heteroatoms. The van der Waals surface area contributed by atoms with E-state index in [-0.39, 0.29) is 0 Å². The van der Waals surface area contributed by atoms with Crippen LogP contribution in [-0.2, 0) is 0 Å². The van der Waals surface area contributed by atoms with Crippen molar-refractivity contribution in [3.63, 3.8) is 0 Å². The van der Waals surface area contributed by atoms with Crippen molar-refractivity contribution >= 4 is 51.2 Å². The van der Waals surface area contributed by atoms with E-state index >= 15 is 0 Å². The van der Waals surface area contributed by atoms with Gasteiger partial charge in [0.2, 0.25) is 0 Å². The molecule has 12 heavy (non-hydrogen) atoms. The van der Waals surface area contributed by atoms with E-state index < -0.39 is 13.1 Å². The zero-order valence-electron chi connectivity index (χ0n) is 7.66. The maximum absolute atomic E-state index is 3.78. The van der Waals surface area contributed by atoms with Gasteiger partial charge >= 0.3 is 51.2 Å². The molecule has 1 radical (unpaired) electrons. The Morgan fingerprint density at radius 3 is 1.75 bits per heavy atom. The predicted octanol–water partition coefficient (Wildman–Crippen LogP) is 5.07. The van der Waals surface area contributed by atoms with Crippen LogP contribution in [0.25, 0.3) is 0 Å². The van der Waals surface area contributed by atoms with Crippen LogP contribution >= 0.6 is 38.1 Å². The van der Waals surface area contributed by atoms with Crippen LogP contribution in [0.2, 0.25) is 0 Å². The topological polar surface area (TPSA) is 0 Å². The minimum atomic E-state index is -1.20. The van der Waals surface area contributed by atoms with Gasteiger partial charge in [-0.1, -0.05) is 52.4 Å². The largest absolute Gasteiger partial charge is 0.0654 e. The smallest absolute Gasteiger partial charge is 0.0533 e. The molecule has 0 N–H and O–H groups in total. The minimum Gasteiger partial charge on any atom is -0.0654 e. The molecule has 0 fully saturated rings. The van der Waals surface area contributed by atoms with Crippen LogP contribution in [0.3, 0.4) is 0 Å². The summed E-state index contributed by atoms with van der Waals surface area (Å²) >= 11 is 8.74. The Morgan fingerprint density at radius 2 is 1.42 bits per heavy atom. The molecule has 0 amide bonds. The van der Waals surface area contributed by atoms with Crippen LogP contribution in [0.5, 0.6) is 0 Å². The molecule has 0 saturated heterocycles. The third-order valence-electron chi connectivity index (χ3n) is 1.35. The van der Waals surface area contributed by atoms with Crippen molar-refractivity contribution in [3.8, 4) is 0 Å². The Kier molecular flexibility index (Phi) is 21.8. The fourth-order valence-electron chi connectivity index (χ4n) is 0.780. The maximum Gasteiger partial charge on any atom is -0.0533 e. The zero-order chi connectivity index (χ0) is 9.82. The molecule has 0 spiro atoms. The van der Waals surface area contributed by atoms with Gasteiger partial charge in [-0.3, -0.25) is 0 Å². The quantitative estimate of drug-likeness (QED) is 0.387. The van der Waals surface area contributed by atoms with Crippen LogP contribution in [0.15, 0.2) is 0 Å². The van der Waals surface area contributed by atoms with Gasteiger partial charge in [-0.15, -0.1) is 0 Å². The standard InChI is InChI=1S/C8H17.3BrH.Sn.H/c1-3-5-7-8-6-4-2;;;;;/h1,3-8H2,2H3;3*1H;;/q;;;;+3;/p-3. The van der Waals surface area contributed by atoms with Crippen molar-refractivity contribution in [1.29, 1.82) is 0 Å². The van der Waals surface area contributed by atoms with Crippen molar-refractivity contribution in [3.05, 3.63) is 6.92 Å². The molecule has 0 aromatic heterocycles. The van der Waals surface area contributed by atoms with Crippen molar-refractivity contribution in [2.75, 3.05) is 0 Å². The summed E-state index contributed by atoms with van der Waals surface area (Å²) in [7, 11) is 0. The summed E-state index contributed by atoms with van der Waals surface area (Å²) in [6.45, 7) is 6.02. The second-order valence-electron chi connectivity index (χ2n) is 2.52. The third kappa shape index (κ3) is 29.5. The van der Waals surface area contributed by atoms with Crippen LogP contribution in [0.4, 0.5) is 0 Å². The molecular weight excluding hydrogens is 455 g/mol. The number of rotatable bonds is 5. The number of hydrogen-bond acceptors (Lipinski definition) is 0. The zero-order valence-corrected chi connectivity index (χ0v) is 15.7. The molecule has 0 aliphatic heterocycles. The summed E-state index contributed by atoms with van der Waals surface area (Å²) in [6.07, 6.45) is 7.98. The Morgan fingerprint density at radius 1 is 1.00 bits per heavy atom. The Labute approximate surface area is 102 Å². The van der Waals surface area contributed by atoms with E-state index in [0.29, 0.717) is 0 Å². The molecule has 0 aliphatic carbocycles. The number of hydrogen-bond donors (Lipinski definition) is 0. The molecule has 0 heterocycles. The molecule has 0 aliphatic rings. The van der Waals surface area contributed by atoms with Gasteiger partial charge < -0.3 is 0 Å². The van der Waals surface area contributed by atoms with Crippen molar-refractivity contribution < 1.29 is 0 Å². The van der Waals surface area contributed by atoms with Gasteiger partial charge in [0.05, 0.1) is 0 Å². The summed E-state index contributed by atoms with van der Waals surface area (Å²) in [5, 5.41) is 0. The molecule has 0 aromatic carbocycles. The normalized spacial score (nSPS) is 9.50. The third-order valence-corrected chi connectivity index (χ3v) is 1.35. The first-order chi connectivity index (χ1) is 5.65. The van der Waals surface area contributed by atoms with E-state index in [2.05, 4.69) is 52.0 Å². The molecule has 0 atom stereocenters. The first kappa shape index (κ1) is 16.7. The summed E-state index contributed by atoms with van der Waals surface area (Å²) in [6, 6.07) is 0. The van der Waals surface area contributed by atoms with Gasteiger partial charge in [-0.2, -0.15) is 0 Å². The van der Waals surface area contributed by atoms with Crippen LogP contribution < -0.4 is 0 Å². The Balaban J connectivity index is 0. The number of halogens is 3. The molecular formula is C8H18Br3Sn. The molecule has 75 valence electrons.